The number of likely N-dealkylation sites (tertiary alicyclic amines) is 1. The van der Waals surface area contributed by atoms with Gasteiger partial charge in [0.1, 0.15) is 5.76 Å². The van der Waals surface area contributed by atoms with E-state index in [2.05, 4.69) is 40.5 Å². The summed E-state index contributed by atoms with van der Waals surface area (Å²) in [5.74, 6) is 2.54. The second kappa shape index (κ2) is 12.1. The van der Waals surface area contributed by atoms with Gasteiger partial charge in [-0.15, -0.1) is 0 Å². The van der Waals surface area contributed by atoms with Gasteiger partial charge in [-0.1, -0.05) is 49.9 Å². The molecule has 3 aliphatic carbocycles. The number of hydrogen-bond donors (Lipinski definition) is 1. The van der Waals surface area contributed by atoms with Crippen molar-refractivity contribution in [3.05, 3.63) is 71.5 Å². The van der Waals surface area contributed by atoms with E-state index in [9.17, 15) is 4.79 Å². The Morgan fingerprint density at radius 2 is 1.63 bits per heavy atom. The minimum atomic E-state index is 0.104. The number of nitrogens with one attached hydrogen (secondary N) is 1. The molecule has 1 N–H and O–H groups in total. The number of hydrogen-bond acceptors (Lipinski definition) is 3. The van der Waals surface area contributed by atoms with Crippen molar-refractivity contribution in [3.8, 4) is 11.3 Å². The molecule has 1 amide bonds. The van der Waals surface area contributed by atoms with E-state index in [4.69, 9.17) is 4.42 Å². The number of benzene rings is 1. The van der Waals surface area contributed by atoms with Gasteiger partial charge in [0, 0.05) is 28.8 Å². The van der Waals surface area contributed by atoms with Crippen molar-refractivity contribution >= 4 is 5.91 Å². The summed E-state index contributed by atoms with van der Waals surface area (Å²) in [7, 11) is 0. The monoisotopic (exact) mass is 512 g/mol. The lowest BCUT2D eigenvalue weighted by molar-refractivity contribution is 0.0915. The smallest absolute Gasteiger partial charge is 0.251 e. The Hall–Kier alpha value is -2.59. The van der Waals surface area contributed by atoms with Gasteiger partial charge >= 0.3 is 0 Å². The van der Waals surface area contributed by atoms with Gasteiger partial charge in [-0.05, 0) is 113 Å². The van der Waals surface area contributed by atoms with Crippen LogP contribution in [0, 0.1) is 5.92 Å². The van der Waals surface area contributed by atoms with E-state index in [0.717, 1.165) is 30.1 Å². The largest absolute Gasteiger partial charge is 0.464 e. The first-order valence-corrected chi connectivity index (χ1v) is 15.3. The predicted molar refractivity (Wildman–Crippen MR) is 154 cm³/mol. The first-order chi connectivity index (χ1) is 18.7. The maximum Gasteiger partial charge on any atom is 0.251 e. The van der Waals surface area contributed by atoms with Gasteiger partial charge in [0.05, 0.1) is 6.26 Å². The summed E-state index contributed by atoms with van der Waals surface area (Å²) in [4.78, 5) is 15.6. The summed E-state index contributed by atoms with van der Waals surface area (Å²) in [5.41, 5.74) is 4.78. The van der Waals surface area contributed by atoms with Crippen LogP contribution < -0.4 is 5.32 Å². The number of carbonyl (C=O) groups is 1. The summed E-state index contributed by atoms with van der Waals surface area (Å²) < 4.78 is 5.93. The highest BCUT2D eigenvalue weighted by molar-refractivity contribution is 5.94. The molecule has 2 heterocycles. The van der Waals surface area contributed by atoms with Crippen LogP contribution in [0.5, 0.6) is 0 Å². The van der Waals surface area contributed by atoms with Gasteiger partial charge in [-0.2, -0.15) is 0 Å². The SMILES string of the molecule is O=C(N[C@H]1CC[C@H](CCN2CCCCC2c2coc3cccc-3c2)CC1)c1ccc(C2CCCCC2)cc1. The van der Waals surface area contributed by atoms with Crippen LogP contribution in [0.1, 0.15) is 117 Å². The van der Waals surface area contributed by atoms with Gasteiger partial charge in [-0.25, -0.2) is 0 Å². The van der Waals surface area contributed by atoms with Gasteiger partial charge in [-0.3, -0.25) is 9.69 Å². The van der Waals surface area contributed by atoms with Crippen LogP contribution in [0.2, 0.25) is 0 Å². The zero-order chi connectivity index (χ0) is 25.7. The number of amides is 1. The number of piperidine rings is 1. The van der Waals surface area contributed by atoms with Crippen LogP contribution >= 0.6 is 0 Å². The molecule has 6 rings (SSSR count). The molecule has 3 fully saturated rings. The van der Waals surface area contributed by atoms with E-state index < -0.39 is 0 Å². The first kappa shape index (κ1) is 25.7. The molecule has 0 radical (unpaired) electrons. The van der Waals surface area contributed by atoms with Crippen LogP contribution in [-0.2, 0) is 0 Å². The normalized spacial score (nSPS) is 25.4. The fourth-order valence-corrected chi connectivity index (χ4v) is 7.36. The Morgan fingerprint density at radius 3 is 2.45 bits per heavy atom. The highest BCUT2D eigenvalue weighted by Crippen LogP contribution is 2.36. The van der Waals surface area contributed by atoms with Crippen molar-refractivity contribution in [2.24, 2.45) is 5.92 Å². The molecule has 4 heteroatoms. The lowest BCUT2D eigenvalue weighted by atomic mass is 9.83. The second-order valence-corrected chi connectivity index (χ2v) is 12.2. The van der Waals surface area contributed by atoms with E-state index in [1.54, 1.807) is 0 Å². The molecule has 2 aliphatic heterocycles. The molecule has 0 aromatic heterocycles. The van der Waals surface area contributed by atoms with E-state index in [-0.39, 0.29) is 5.91 Å². The Bertz CT molecular complexity index is 1140. The van der Waals surface area contributed by atoms with Crippen molar-refractivity contribution in [3.63, 3.8) is 0 Å². The van der Waals surface area contributed by atoms with E-state index in [1.807, 2.05) is 24.5 Å². The maximum absolute atomic E-state index is 12.9. The fourth-order valence-electron chi connectivity index (χ4n) is 7.36. The average Bonchev–Trinajstić information content (AvgIpc) is 3.46. The molecule has 2 saturated carbocycles. The molecule has 1 atom stereocenters. The first-order valence-electron chi connectivity index (χ1n) is 15.3. The summed E-state index contributed by atoms with van der Waals surface area (Å²) in [6.45, 7) is 2.35. The average molecular weight is 513 g/mol. The Kier molecular flexibility index (Phi) is 8.16. The Morgan fingerprint density at radius 1 is 0.842 bits per heavy atom. The van der Waals surface area contributed by atoms with Crippen LogP contribution in [0.3, 0.4) is 0 Å². The molecule has 1 saturated heterocycles. The number of carbonyl (C=O) groups excluding carboxylic acids is 1. The van der Waals surface area contributed by atoms with Crippen molar-refractivity contribution in [1.82, 2.24) is 10.2 Å². The number of fused-ring (bicyclic) bond motifs is 1. The quantitative estimate of drug-likeness (QED) is 0.346. The lowest BCUT2D eigenvalue weighted by Crippen LogP contribution is -2.39. The molecular weight excluding hydrogens is 468 g/mol. The molecule has 5 aliphatic rings. The fraction of sp³-hybridized carbons (Fsp3) is 0.559. The van der Waals surface area contributed by atoms with Gasteiger partial charge in [0.15, 0.2) is 0 Å². The van der Waals surface area contributed by atoms with Crippen molar-refractivity contribution in [2.75, 3.05) is 13.1 Å². The number of nitrogens with zero attached hydrogens (tertiary/aromatic N) is 1. The molecule has 38 heavy (non-hydrogen) atoms. The Balaban J connectivity index is 0.965. The van der Waals surface area contributed by atoms with Crippen LogP contribution in [0.15, 0.2) is 59.2 Å². The van der Waals surface area contributed by atoms with Crippen molar-refractivity contribution in [1.29, 1.82) is 0 Å². The summed E-state index contributed by atoms with van der Waals surface area (Å²) in [5, 5.41) is 3.34. The molecule has 0 bridgehead atoms. The van der Waals surface area contributed by atoms with Gasteiger partial charge in [0.2, 0.25) is 0 Å². The molecule has 1 aromatic rings. The van der Waals surface area contributed by atoms with Gasteiger partial charge < -0.3 is 9.73 Å². The topological polar surface area (TPSA) is 45.5 Å². The van der Waals surface area contributed by atoms with Crippen molar-refractivity contribution < 1.29 is 9.21 Å². The molecule has 0 spiro atoms. The van der Waals surface area contributed by atoms with Crippen LogP contribution in [0.25, 0.3) is 11.3 Å². The molecule has 4 nitrogen and oxygen atoms in total. The maximum atomic E-state index is 12.9. The minimum absolute atomic E-state index is 0.104. The second-order valence-electron chi connectivity index (χ2n) is 12.2. The highest BCUT2D eigenvalue weighted by Gasteiger charge is 2.28. The van der Waals surface area contributed by atoms with E-state index in [0.29, 0.717) is 18.0 Å². The standard InChI is InChI=1S/C34H44N2O2/c37-34(28-16-14-27(15-17-28)26-7-2-1-3-8-26)35-31-18-12-25(13-19-31)20-22-36-21-5-4-10-32(36)30-23-29-9-6-11-33(29)38-24-30/h6,9,11,14-17,23-26,31-32H,1-5,7-8,10,12-13,18-22H2,(H,35,37)/t25-,31-,32?. The third-order valence-electron chi connectivity index (χ3n) is 9.71. The zero-order valence-corrected chi connectivity index (χ0v) is 22.9. The summed E-state index contributed by atoms with van der Waals surface area (Å²) in [6.07, 6.45) is 18.4. The molecular formula is C34H44N2O2. The highest BCUT2D eigenvalue weighted by atomic mass is 16.3. The summed E-state index contributed by atoms with van der Waals surface area (Å²) in [6, 6.07) is 17.9. The summed E-state index contributed by atoms with van der Waals surface area (Å²) >= 11 is 0. The van der Waals surface area contributed by atoms with Crippen molar-refractivity contribution in [2.45, 2.75) is 101 Å². The van der Waals surface area contributed by atoms with Gasteiger partial charge in [0.25, 0.3) is 5.91 Å². The third-order valence-corrected chi connectivity index (χ3v) is 9.71. The minimum Gasteiger partial charge on any atom is -0.464 e. The van der Waals surface area contributed by atoms with Crippen LogP contribution in [-0.4, -0.2) is 29.9 Å². The zero-order valence-electron chi connectivity index (χ0n) is 22.9. The van der Waals surface area contributed by atoms with E-state index in [1.165, 1.54) is 100 Å². The third kappa shape index (κ3) is 6.01. The van der Waals surface area contributed by atoms with E-state index >= 15 is 0 Å². The van der Waals surface area contributed by atoms with Crippen LogP contribution in [0.4, 0.5) is 0 Å². The molecule has 1 unspecified atom stereocenters. The Labute approximate surface area is 228 Å². The number of rotatable bonds is 7. The molecule has 1 aromatic carbocycles. The predicted octanol–water partition coefficient (Wildman–Crippen LogP) is 8.34. The lowest BCUT2D eigenvalue weighted by Gasteiger charge is -2.37. The molecule has 202 valence electrons.